The van der Waals surface area contributed by atoms with Crippen molar-refractivity contribution in [3.63, 3.8) is 0 Å². The van der Waals surface area contributed by atoms with E-state index in [-0.39, 0.29) is 12.2 Å². The van der Waals surface area contributed by atoms with E-state index in [1.165, 1.54) is 24.3 Å². The number of carbonyl (C=O) groups excluding carboxylic acids is 2. The molecule has 1 aromatic carbocycles. The predicted octanol–water partition coefficient (Wildman–Crippen LogP) is 0.934. The Hall–Kier alpha value is -3.34. The molecule has 11 nitrogen and oxygen atoms in total. The maximum atomic E-state index is 11.8. The Morgan fingerprint density at radius 2 is 2.08 bits per heavy atom. The van der Waals surface area contributed by atoms with E-state index >= 15 is 0 Å². The Bertz CT molecular complexity index is 726. The minimum absolute atomic E-state index is 0.0502. The highest BCUT2D eigenvalue weighted by atomic mass is 16.6. The number of nitrogens with one attached hydrogen (secondary N) is 3. The molecule has 1 aliphatic heterocycles. The molecule has 4 amide bonds. The number of benzene rings is 1. The first-order valence-corrected chi connectivity index (χ1v) is 6.83. The number of hydrogen-bond donors (Lipinski definition) is 3. The molecule has 1 heterocycles. The summed E-state index contributed by atoms with van der Waals surface area (Å²) in [6, 6.07) is 4.40. The fourth-order valence-corrected chi connectivity index (χ4v) is 1.81. The second kappa shape index (κ2) is 7.28. The number of amides is 4. The van der Waals surface area contributed by atoms with Crippen LogP contribution in [0, 0.1) is 10.1 Å². The van der Waals surface area contributed by atoms with Gasteiger partial charge in [0.2, 0.25) is 0 Å². The quantitative estimate of drug-likeness (QED) is 0.427. The molecule has 126 valence electrons. The van der Waals surface area contributed by atoms with Gasteiger partial charge < -0.3 is 0 Å². The summed E-state index contributed by atoms with van der Waals surface area (Å²) in [5.41, 5.74) is 8.48. The predicted molar refractivity (Wildman–Crippen MR) is 85.3 cm³/mol. The molecule has 0 saturated heterocycles. The molecule has 0 atom stereocenters. The van der Waals surface area contributed by atoms with Crippen LogP contribution >= 0.6 is 0 Å². The maximum absolute atomic E-state index is 11.8. The number of hydrazone groups is 1. The van der Waals surface area contributed by atoms with Gasteiger partial charge in [-0.25, -0.2) is 20.0 Å². The molecule has 3 N–H and O–H groups in total. The Kier molecular flexibility index (Phi) is 5.16. The van der Waals surface area contributed by atoms with Crippen LogP contribution in [0.3, 0.4) is 0 Å². The third-order valence-corrected chi connectivity index (χ3v) is 3.04. The van der Waals surface area contributed by atoms with E-state index in [1.54, 1.807) is 13.8 Å². The zero-order chi connectivity index (χ0) is 17.7. The molecular weight excluding hydrogens is 318 g/mol. The molecule has 0 aliphatic carbocycles. The minimum Gasteiger partial charge on any atom is -0.258 e. The lowest BCUT2D eigenvalue weighted by molar-refractivity contribution is -0.384. The Morgan fingerprint density at radius 3 is 2.71 bits per heavy atom. The van der Waals surface area contributed by atoms with Crippen molar-refractivity contribution in [3.8, 4) is 0 Å². The van der Waals surface area contributed by atoms with Crippen LogP contribution in [0.5, 0.6) is 0 Å². The van der Waals surface area contributed by atoms with Gasteiger partial charge in [-0.1, -0.05) is 0 Å². The zero-order valence-corrected chi connectivity index (χ0v) is 12.9. The van der Waals surface area contributed by atoms with Crippen LogP contribution in [0.4, 0.5) is 15.3 Å². The van der Waals surface area contributed by atoms with Crippen molar-refractivity contribution in [3.05, 3.63) is 39.9 Å². The Labute approximate surface area is 136 Å². The summed E-state index contributed by atoms with van der Waals surface area (Å²) >= 11 is 0. The van der Waals surface area contributed by atoms with E-state index in [0.717, 1.165) is 5.01 Å². The number of rotatable bonds is 4. The molecule has 0 radical (unpaired) electrons. The van der Waals surface area contributed by atoms with E-state index < -0.39 is 17.0 Å². The van der Waals surface area contributed by atoms with E-state index in [0.29, 0.717) is 17.0 Å². The van der Waals surface area contributed by atoms with Crippen LogP contribution in [0.25, 0.3) is 0 Å². The highest BCUT2D eigenvalue weighted by Gasteiger charge is 2.18. The summed E-state index contributed by atoms with van der Waals surface area (Å²) in [5.74, 6) is 0. The molecule has 0 saturated carbocycles. The van der Waals surface area contributed by atoms with Crippen molar-refractivity contribution in [2.45, 2.75) is 13.8 Å². The van der Waals surface area contributed by atoms with Gasteiger partial charge >= 0.3 is 12.1 Å². The lowest BCUT2D eigenvalue weighted by Crippen LogP contribution is -2.57. The normalized spacial score (nSPS) is 14.8. The highest BCUT2D eigenvalue weighted by Crippen LogP contribution is 2.12. The molecule has 0 unspecified atom stereocenters. The summed E-state index contributed by atoms with van der Waals surface area (Å²) in [4.78, 5) is 37.1. The molecular formula is C13H15N7O4. The van der Waals surface area contributed by atoms with Crippen molar-refractivity contribution < 1.29 is 14.5 Å². The Balaban J connectivity index is 1.94. The van der Waals surface area contributed by atoms with Gasteiger partial charge in [0.15, 0.2) is 0 Å². The number of nitrogens with zero attached hydrogens (tertiary/aromatic N) is 4. The van der Waals surface area contributed by atoms with Crippen molar-refractivity contribution in [1.82, 2.24) is 21.4 Å². The van der Waals surface area contributed by atoms with Crippen LogP contribution in [-0.2, 0) is 0 Å². The topological polar surface area (TPSA) is 141 Å². The average Bonchev–Trinajstić information content (AvgIpc) is 2.55. The minimum atomic E-state index is -0.723. The van der Waals surface area contributed by atoms with Gasteiger partial charge in [-0.2, -0.15) is 10.1 Å². The SMILES string of the molecule is CC1=NNC(=O)N(NNC(=O)/N=C(\C)c2ccc([N+](=O)[O-])cc2)C1. The van der Waals surface area contributed by atoms with Gasteiger partial charge in [-0.05, 0) is 31.5 Å². The van der Waals surface area contributed by atoms with Crippen molar-refractivity contribution >= 4 is 29.2 Å². The zero-order valence-electron chi connectivity index (χ0n) is 12.9. The monoisotopic (exact) mass is 333 g/mol. The van der Waals surface area contributed by atoms with Crippen molar-refractivity contribution in [1.29, 1.82) is 0 Å². The lowest BCUT2D eigenvalue weighted by Gasteiger charge is -2.25. The van der Waals surface area contributed by atoms with Gasteiger partial charge in [0, 0.05) is 12.1 Å². The molecule has 0 bridgehead atoms. The number of non-ortho nitro benzene ring substituents is 1. The van der Waals surface area contributed by atoms with E-state index in [1.807, 2.05) is 0 Å². The van der Waals surface area contributed by atoms with Crippen LogP contribution in [0.2, 0.25) is 0 Å². The fourth-order valence-electron chi connectivity index (χ4n) is 1.81. The summed E-state index contributed by atoms with van der Waals surface area (Å²) < 4.78 is 0. The summed E-state index contributed by atoms with van der Waals surface area (Å²) in [6.45, 7) is 3.51. The number of carbonyl (C=O) groups is 2. The second-order valence-corrected chi connectivity index (χ2v) is 4.89. The van der Waals surface area contributed by atoms with Gasteiger partial charge in [-0.3, -0.25) is 15.5 Å². The third-order valence-electron chi connectivity index (χ3n) is 3.04. The van der Waals surface area contributed by atoms with E-state index in [9.17, 15) is 19.7 Å². The lowest BCUT2D eigenvalue weighted by atomic mass is 10.1. The molecule has 24 heavy (non-hydrogen) atoms. The number of nitro groups is 1. The number of aliphatic imine (C=N–C) groups is 1. The smallest absolute Gasteiger partial charge is 0.258 e. The summed E-state index contributed by atoms with van der Waals surface area (Å²) in [7, 11) is 0. The van der Waals surface area contributed by atoms with Gasteiger partial charge in [0.1, 0.15) is 0 Å². The van der Waals surface area contributed by atoms with E-state index in [2.05, 4.69) is 26.5 Å². The first-order valence-electron chi connectivity index (χ1n) is 6.83. The number of hydrazine groups is 2. The van der Waals surface area contributed by atoms with Crippen LogP contribution in [-0.4, -0.2) is 40.0 Å². The molecule has 0 fully saturated rings. The van der Waals surface area contributed by atoms with Crippen LogP contribution in [0.15, 0.2) is 34.4 Å². The van der Waals surface area contributed by atoms with Crippen molar-refractivity contribution in [2.24, 2.45) is 10.1 Å². The van der Waals surface area contributed by atoms with Gasteiger partial charge in [0.25, 0.3) is 5.69 Å². The summed E-state index contributed by atoms with van der Waals surface area (Å²) in [5, 5.41) is 15.5. The largest absolute Gasteiger partial charge is 0.356 e. The third kappa shape index (κ3) is 4.33. The number of nitro benzene ring substituents is 1. The van der Waals surface area contributed by atoms with Crippen LogP contribution < -0.4 is 16.4 Å². The first kappa shape index (κ1) is 17.0. The molecule has 0 aromatic heterocycles. The molecule has 11 heteroatoms. The average molecular weight is 333 g/mol. The van der Waals surface area contributed by atoms with Crippen LogP contribution in [0.1, 0.15) is 19.4 Å². The second-order valence-electron chi connectivity index (χ2n) is 4.89. The van der Waals surface area contributed by atoms with Gasteiger partial charge in [0.05, 0.1) is 22.9 Å². The molecule has 1 aromatic rings. The Morgan fingerprint density at radius 1 is 1.42 bits per heavy atom. The van der Waals surface area contributed by atoms with E-state index in [4.69, 9.17) is 0 Å². The standard InChI is InChI=1S/C13H15N7O4/c1-8-7-19(13(22)17-15-8)18-16-12(21)14-9(2)10-3-5-11(6-4-10)20(23)24/h3-6,18H,7H2,1-2H3,(H,16,21)(H,17,22)/b14-9+. The number of hydrogen-bond acceptors (Lipinski definition) is 6. The molecule has 2 rings (SSSR count). The maximum Gasteiger partial charge on any atom is 0.356 e. The number of urea groups is 2. The molecule has 0 spiro atoms. The first-order chi connectivity index (χ1) is 11.4. The fraction of sp³-hybridized carbons (Fsp3) is 0.231. The van der Waals surface area contributed by atoms with Crippen molar-refractivity contribution in [2.75, 3.05) is 6.54 Å². The highest BCUT2D eigenvalue weighted by molar-refractivity contribution is 6.04. The molecule has 1 aliphatic rings. The summed E-state index contributed by atoms with van der Waals surface area (Å²) in [6.07, 6.45) is 0. The van der Waals surface area contributed by atoms with Gasteiger partial charge in [-0.15, -0.1) is 5.53 Å².